The molecular weight excluding hydrogens is 532 g/mol. The molecule has 1 atom stereocenters. The third-order valence-electron chi connectivity index (χ3n) is 7.85. The number of quaternary nitrogens is 1. The van der Waals surface area contributed by atoms with Crippen molar-refractivity contribution in [2.45, 2.75) is 80.2 Å². The first-order chi connectivity index (χ1) is 18.2. The number of aromatic nitrogens is 2. The van der Waals surface area contributed by atoms with E-state index in [0.29, 0.717) is 6.54 Å². The highest BCUT2D eigenvalue weighted by Gasteiger charge is 2.40. The number of benzene rings is 1. The Bertz CT molecular complexity index is 1160. The molecular formula is C33H48BrN4+. The maximum atomic E-state index is 6.65. The molecule has 0 fully saturated rings. The number of aryl methyl sites for hydroxylation is 3. The van der Waals surface area contributed by atoms with Crippen molar-refractivity contribution in [1.82, 2.24) is 9.97 Å². The summed E-state index contributed by atoms with van der Waals surface area (Å²) in [7, 11) is 0. The number of nitrogens with zero attached hydrogens (tertiary/aromatic N) is 3. The number of halogens is 1. The van der Waals surface area contributed by atoms with Gasteiger partial charge in [0, 0.05) is 29.6 Å². The quantitative estimate of drug-likeness (QED) is 0.156. The highest BCUT2D eigenvalue weighted by molar-refractivity contribution is 9.10. The number of hydrogen-bond donors (Lipinski definition) is 1. The molecule has 0 amide bonds. The van der Waals surface area contributed by atoms with Gasteiger partial charge in [-0.25, -0.2) is 9.97 Å². The van der Waals surface area contributed by atoms with Crippen molar-refractivity contribution < 1.29 is 4.48 Å². The molecule has 0 aliphatic heterocycles. The average molecular weight is 581 g/mol. The van der Waals surface area contributed by atoms with Gasteiger partial charge < -0.3 is 10.2 Å². The first-order valence-electron chi connectivity index (χ1n) is 14.4. The van der Waals surface area contributed by atoms with Crippen LogP contribution < -0.4 is 5.73 Å². The van der Waals surface area contributed by atoms with Crippen LogP contribution in [-0.2, 0) is 13.0 Å². The fourth-order valence-corrected chi connectivity index (χ4v) is 7.08. The summed E-state index contributed by atoms with van der Waals surface area (Å²) in [5.74, 6) is 0. The molecule has 0 saturated carbocycles. The van der Waals surface area contributed by atoms with E-state index in [4.69, 9.17) is 15.7 Å². The van der Waals surface area contributed by atoms with Gasteiger partial charge in [0.05, 0.1) is 31.0 Å². The van der Waals surface area contributed by atoms with E-state index in [9.17, 15) is 0 Å². The maximum Gasteiger partial charge on any atom is 0.122 e. The topological polar surface area (TPSA) is 51.8 Å². The molecule has 38 heavy (non-hydrogen) atoms. The maximum absolute atomic E-state index is 6.65. The van der Waals surface area contributed by atoms with E-state index in [-0.39, 0.29) is 5.41 Å². The Hall–Kier alpha value is -2.08. The van der Waals surface area contributed by atoms with Crippen LogP contribution in [0.3, 0.4) is 0 Å². The van der Waals surface area contributed by atoms with Crippen LogP contribution in [0.2, 0.25) is 0 Å². The van der Waals surface area contributed by atoms with Gasteiger partial charge in [-0.15, -0.1) is 0 Å². The van der Waals surface area contributed by atoms with E-state index < -0.39 is 0 Å². The van der Waals surface area contributed by atoms with E-state index >= 15 is 0 Å². The summed E-state index contributed by atoms with van der Waals surface area (Å²) in [6.07, 6.45) is 5.39. The standard InChI is InChI=1S/C33H48BrN4/c1-7-16-33(23-35,21-28-12-11-15-31(34)37-28)24-38(17-8-2,18-9-3)22-29-13-10-14-30(36-29)32-26(5)19-25(4)20-27(32)6/h10-15,19-20H,7-9,16-18,21-24,35H2,1-6H3/q+1. The molecule has 1 unspecified atom stereocenters. The second-order valence-electron chi connectivity index (χ2n) is 11.5. The zero-order valence-corrected chi connectivity index (χ0v) is 26.1. The molecule has 0 spiro atoms. The molecule has 2 heterocycles. The molecule has 0 radical (unpaired) electrons. The monoisotopic (exact) mass is 579 g/mol. The Morgan fingerprint density at radius 2 is 1.47 bits per heavy atom. The minimum atomic E-state index is -0.00533. The van der Waals surface area contributed by atoms with E-state index in [2.05, 4.69) is 99.9 Å². The molecule has 0 bridgehead atoms. The molecule has 0 saturated heterocycles. The van der Waals surface area contributed by atoms with Gasteiger partial charge in [-0.05, 0) is 91.4 Å². The van der Waals surface area contributed by atoms with E-state index in [1.165, 1.54) is 27.9 Å². The molecule has 4 nitrogen and oxygen atoms in total. The normalized spacial score (nSPS) is 13.5. The Balaban J connectivity index is 2.02. The lowest BCUT2D eigenvalue weighted by Crippen LogP contribution is -2.57. The summed E-state index contributed by atoms with van der Waals surface area (Å²) in [6, 6.07) is 17.3. The second kappa shape index (κ2) is 13.8. The van der Waals surface area contributed by atoms with Gasteiger partial charge in [-0.2, -0.15) is 0 Å². The third-order valence-corrected chi connectivity index (χ3v) is 8.29. The Morgan fingerprint density at radius 1 is 0.842 bits per heavy atom. The molecule has 1 aromatic carbocycles. The lowest BCUT2D eigenvalue weighted by molar-refractivity contribution is -0.947. The van der Waals surface area contributed by atoms with Crippen LogP contribution in [0.15, 0.2) is 53.1 Å². The van der Waals surface area contributed by atoms with Crippen LogP contribution in [0, 0.1) is 26.2 Å². The lowest BCUT2D eigenvalue weighted by Gasteiger charge is -2.46. The minimum absolute atomic E-state index is 0.00533. The number of pyridine rings is 2. The van der Waals surface area contributed by atoms with Crippen molar-refractivity contribution in [3.8, 4) is 11.3 Å². The Morgan fingerprint density at radius 3 is 2.05 bits per heavy atom. The highest BCUT2D eigenvalue weighted by atomic mass is 79.9. The average Bonchev–Trinajstić information content (AvgIpc) is 2.84. The van der Waals surface area contributed by atoms with Crippen LogP contribution in [0.1, 0.15) is 74.5 Å². The summed E-state index contributed by atoms with van der Waals surface area (Å²) in [6.45, 7) is 18.4. The van der Waals surface area contributed by atoms with Crippen molar-refractivity contribution >= 4 is 15.9 Å². The van der Waals surface area contributed by atoms with Crippen molar-refractivity contribution in [2.75, 3.05) is 26.2 Å². The largest absolute Gasteiger partial charge is 0.330 e. The van der Waals surface area contributed by atoms with Gasteiger partial charge in [0.1, 0.15) is 11.1 Å². The molecule has 2 N–H and O–H groups in total. The van der Waals surface area contributed by atoms with Crippen molar-refractivity contribution in [3.63, 3.8) is 0 Å². The van der Waals surface area contributed by atoms with Gasteiger partial charge in [-0.1, -0.05) is 57.0 Å². The summed E-state index contributed by atoms with van der Waals surface area (Å²) in [5.41, 5.74) is 15.2. The van der Waals surface area contributed by atoms with Gasteiger partial charge in [0.25, 0.3) is 0 Å². The summed E-state index contributed by atoms with van der Waals surface area (Å²) in [5, 5.41) is 0. The van der Waals surface area contributed by atoms with Gasteiger partial charge in [0.2, 0.25) is 0 Å². The van der Waals surface area contributed by atoms with Crippen LogP contribution in [0.5, 0.6) is 0 Å². The van der Waals surface area contributed by atoms with Gasteiger partial charge >= 0.3 is 0 Å². The Kier molecular flexibility index (Phi) is 11.1. The summed E-state index contributed by atoms with van der Waals surface area (Å²) < 4.78 is 1.91. The highest BCUT2D eigenvalue weighted by Crippen LogP contribution is 2.34. The minimum Gasteiger partial charge on any atom is -0.330 e. The zero-order valence-electron chi connectivity index (χ0n) is 24.5. The van der Waals surface area contributed by atoms with Crippen LogP contribution in [0.4, 0.5) is 0 Å². The number of nitrogens with two attached hydrogens (primary N) is 1. The SMILES string of the molecule is CCCC(CN)(Cc1cccc(Br)n1)C[N+](CCC)(CCC)Cc1cccc(-c2c(C)cc(C)cc2C)n1. The molecule has 3 rings (SSSR count). The van der Waals surface area contributed by atoms with Crippen LogP contribution in [0.25, 0.3) is 11.3 Å². The van der Waals surface area contributed by atoms with Crippen LogP contribution >= 0.6 is 15.9 Å². The van der Waals surface area contributed by atoms with Crippen molar-refractivity contribution in [1.29, 1.82) is 0 Å². The lowest BCUT2D eigenvalue weighted by atomic mass is 9.77. The fourth-order valence-electron chi connectivity index (χ4n) is 6.70. The van der Waals surface area contributed by atoms with Crippen LogP contribution in [-0.4, -0.2) is 40.6 Å². The smallest absolute Gasteiger partial charge is 0.122 e. The first-order valence-corrected chi connectivity index (χ1v) is 15.2. The molecule has 0 aliphatic carbocycles. The second-order valence-corrected chi connectivity index (χ2v) is 12.3. The number of hydrogen-bond acceptors (Lipinski definition) is 3. The summed E-state index contributed by atoms with van der Waals surface area (Å²) in [4.78, 5) is 10.1. The predicted octanol–water partition coefficient (Wildman–Crippen LogP) is 7.96. The van der Waals surface area contributed by atoms with E-state index in [0.717, 1.165) is 78.8 Å². The van der Waals surface area contributed by atoms with E-state index in [1.807, 2.05) is 6.07 Å². The van der Waals surface area contributed by atoms with Crippen molar-refractivity contribution in [3.05, 3.63) is 81.2 Å². The third kappa shape index (κ3) is 7.74. The molecule has 2 aromatic heterocycles. The van der Waals surface area contributed by atoms with Gasteiger partial charge in [0.15, 0.2) is 0 Å². The molecule has 5 heteroatoms. The first kappa shape index (κ1) is 30.5. The summed E-state index contributed by atoms with van der Waals surface area (Å²) >= 11 is 3.57. The van der Waals surface area contributed by atoms with Crippen molar-refractivity contribution in [2.24, 2.45) is 11.1 Å². The zero-order chi connectivity index (χ0) is 27.8. The predicted molar refractivity (Wildman–Crippen MR) is 165 cm³/mol. The Labute approximate surface area is 239 Å². The number of rotatable bonds is 14. The van der Waals surface area contributed by atoms with E-state index in [1.54, 1.807) is 0 Å². The fraction of sp³-hybridized carbons (Fsp3) is 0.515. The molecule has 3 aromatic rings. The molecule has 0 aliphatic rings. The van der Waals surface area contributed by atoms with Gasteiger partial charge in [-0.3, -0.25) is 0 Å². The molecule has 206 valence electrons.